The predicted molar refractivity (Wildman–Crippen MR) is 60.2 cm³/mol. The lowest BCUT2D eigenvalue weighted by molar-refractivity contribution is 0.595. The average Bonchev–Trinajstić information content (AvgIpc) is 2.41. The van der Waals surface area contributed by atoms with E-state index in [1.807, 2.05) is 7.05 Å². The van der Waals surface area contributed by atoms with Gasteiger partial charge in [0.1, 0.15) is 0 Å². The molecule has 0 bridgehead atoms. The second-order valence-electron chi connectivity index (χ2n) is 3.69. The van der Waals surface area contributed by atoms with Crippen LogP contribution in [0.5, 0.6) is 0 Å². The lowest BCUT2D eigenvalue weighted by Gasteiger charge is -2.09. The van der Waals surface area contributed by atoms with E-state index in [2.05, 4.69) is 5.32 Å². The average molecular weight is 246 g/mol. The highest BCUT2D eigenvalue weighted by atomic mass is 35.5. The first-order valence-corrected chi connectivity index (χ1v) is 6.75. The molecule has 1 aliphatic heterocycles. The zero-order valence-electron chi connectivity index (χ0n) is 8.33. The Bertz CT molecular complexity index is 484. The third kappa shape index (κ3) is 1.77. The molecule has 82 valence electrons. The summed E-state index contributed by atoms with van der Waals surface area (Å²) in [7, 11) is -1.32. The van der Waals surface area contributed by atoms with E-state index >= 15 is 0 Å². The maximum Gasteiger partial charge on any atom is 0.179 e. The van der Waals surface area contributed by atoms with E-state index in [1.54, 1.807) is 18.2 Å². The van der Waals surface area contributed by atoms with Gasteiger partial charge in [0.25, 0.3) is 0 Å². The van der Waals surface area contributed by atoms with Crippen LogP contribution in [-0.2, 0) is 9.84 Å². The van der Waals surface area contributed by atoms with Crippen LogP contribution >= 0.6 is 11.6 Å². The Labute approximate surface area is 94.4 Å². The fourth-order valence-corrected chi connectivity index (χ4v) is 4.31. The molecule has 0 radical (unpaired) electrons. The standard InChI is InChI=1S/C10H12ClNO2S/c1-12-5-7-6-15(13,14)9-4-2-3-8(11)10(7)9/h2-4,7,12H,5-6H2,1H3. The monoisotopic (exact) mass is 245 g/mol. The SMILES string of the molecule is CNCC1CS(=O)(=O)c2cccc(Cl)c21. The Morgan fingerprint density at radius 3 is 2.93 bits per heavy atom. The number of hydrogen-bond acceptors (Lipinski definition) is 3. The van der Waals surface area contributed by atoms with Gasteiger partial charge in [-0.1, -0.05) is 17.7 Å². The molecule has 0 aliphatic carbocycles. The van der Waals surface area contributed by atoms with Crippen molar-refractivity contribution in [3.8, 4) is 0 Å². The molecule has 1 aromatic rings. The molecule has 1 heterocycles. The molecule has 3 nitrogen and oxygen atoms in total. The van der Waals surface area contributed by atoms with Gasteiger partial charge in [0, 0.05) is 17.5 Å². The zero-order valence-corrected chi connectivity index (χ0v) is 9.90. The second kappa shape index (κ2) is 3.77. The summed E-state index contributed by atoms with van der Waals surface area (Å²) in [5, 5.41) is 3.54. The summed E-state index contributed by atoms with van der Waals surface area (Å²) in [6, 6.07) is 5.05. The Kier molecular flexibility index (Phi) is 2.75. The Morgan fingerprint density at radius 1 is 1.53 bits per heavy atom. The molecule has 1 unspecified atom stereocenters. The molecule has 1 aliphatic rings. The van der Waals surface area contributed by atoms with E-state index in [4.69, 9.17) is 11.6 Å². The van der Waals surface area contributed by atoms with E-state index in [0.29, 0.717) is 16.5 Å². The van der Waals surface area contributed by atoms with Crippen LogP contribution < -0.4 is 5.32 Å². The van der Waals surface area contributed by atoms with Crippen molar-refractivity contribution in [2.75, 3.05) is 19.3 Å². The number of benzene rings is 1. The predicted octanol–water partition coefficient (Wildman–Crippen LogP) is 1.43. The third-order valence-electron chi connectivity index (χ3n) is 2.63. The maximum atomic E-state index is 11.8. The maximum absolute atomic E-state index is 11.8. The van der Waals surface area contributed by atoms with Crippen LogP contribution in [-0.4, -0.2) is 27.8 Å². The summed E-state index contributed by atoms with van der Waals surface area (Å²) in [5.74, 6) is 0.135. The van der Waals surface area contributed by atoms with Gasteiger partial charge in [-0.15, -0.1) is 0 Å². The van der Waals surface area contributed by atoms with Crippen molar-refractivity contribution in [2.24, 2.45) is 0 Å². The molecule has 2 rings (SSSR count). The highest BCUT2D eigenvalue weighted by Crippen LogP contribution is 2.38. The van der Waals surface area contributed by atoms with Crippen molar-refractivity contribution in [1.82, 2.24) is 5.32 Å². The molecule has 0 saturated heterocycles. The molecule has 0 amide bonds. The Morgan fingerprint density at radius 2 is 2.27 bits per heavy atom. The molecule has 5 heteroatoms. The van der Waals surface area contributed by atoms with Crippen LogP contribution in [0.15, 0.2) is 23.1 Å². The van der Waals surface area contributed by atoms with Crippen LogP contribution in [0.2, 0.25) is 5.02 Å². The van der Waals surface area contributed by atoms with Gasteiger partial charge < -0.3 is 5.32 Å². The minimum atomic E-state index is -3.12. The third-order valence-corrected chi connectivity index (χ3v) is 4.82. The van der Waals surface area contributed by atoms with Crippen LogP contribution in [0.3, 0.4) is 0 Å². The topological polar surface area (TPSA) is 46.2 Å². The lowest BCUT2D eigenvalue weighted by Crippen LogP contribution is -2.18. The number of sulfone groups is 1. The van der Waals surface area contributed by atoms with Gasteiger partial charge in [0.15, 0.2) is 9.84 Å². The van der Waals surface area contributed by atoms with Gasteiger partial charge in [0.2, 0.25) is 0 Å². The second-order valence-corrected chi connectivity index (χ2v) is 6.10. The Hall–Kier alpha value is -0.580. The van der Waals surface area contributed by atoms with Crippen LogP contribution in [0.1, 0.15) is 11.5 Å². The number of hydrogen-bond donors (Lipinski definition) is 1. The van der Waals surface area contributed by atoms with E-state index in [9.17, 15) is 8.42 Å². The number of fused-ring (bicyclic) bond motifs is 1. The summed E-state index contributed by atoms with van der Waals surface area (Å²) >= 11 is 6.04. The summed E-state index contributed by atoms with van der Waals surface area (Å²) in [4.78, 5) is 0.398. The number of likely N-dealkylation sites (N-methyl/N-ethyl adjacent to an activating group) is 1. The van der Waals surface area contributed by atoms with Crippen molar-refractivity contribution in [3.63, 3.8) is 0 Å². The van der Waals surface area contributed by atoms with Gasteiger partial charge in [-0.05, 0) is 24.7 Å². The van der Waals surface area contributed by atoms with Crippen molar-refractivity contribution in [2.45, 2.75) is 10.8 Å². The number of halogens is 1. The van der Waals surface area contributed by atoms with E-state index in [1.165, 1.54) is 0 Å². The molecule has 0 spiro atoms. The smallest absolute Gasteiger partial charge is 0.179 e. The first-order valence-electron chi connectivity index (χ1n) is 4.72. The molecule has 1 aromatic carbocycles. The minimum absolute atomic E-state index is 0.0244. The highest BCUT2D eigenvalue weighted by molar-refractivity contribution is 7.91. The molecule has 1 atom stereocenters. The number of rotatable bonds is 2. The van der Waals surface area contributed by atoms with Crippen molar-refractivity contribution >= 4 is 21.4 Å². The fourth-order valence-electron chi connectivity index (χ4n) is 2.03. The minimum Gasteiger partial charge on any atom is -0.319 e. The molecule has 0 saturated carbocycles. The van der Waals surface area contributed by atoms with Gasteiger partial charge in [0.05, 0.1) is 10.6 Å². The van der Waals surface area contributed by atoms with Crippen molar-refractivity contribution in [1.29, 1.82) is 0 Å². The molecule has 0 fully saturated rings. The first kappa shape index (κ1) is 10.9. The quantitative estimate of drug-likeness (QED) is 0.858. The molecule has 15 heavy (non-hydrogen) atoms. The lowest BCUT2D eigenvalue weighted by atomic mass is 10.0. The molecular formula is C10H12ClNO2S. The van der Waals surface area contributed by atoms with Crippen LogP contribution in [0, 0.1) is 0 Å². The Balaban J connectivity index is 2.59. The summed E-state index contributed by atoms with van der Waals surface area (Å²) in [6.45, 7) is 0.635. The van der Waals surface area contributed by atoms with Gasteiger partial charge in [-0.3, -0.25) is 0 Å². The summed E-state index contributed by atoms with van der Waals surface area (Å²) < 4.78 is 23.6. The van der Waals surface area contributed by atoms with E-state index in [0.717, 1.165) is 5.56 Å². The van der Waals surface area contributed by atoms with Crippen LogP contribution in [0.4, 0.5) is 0 Å². The molecule has 1 N–H and O–H groups in total. The zero-order chi connectivity index (χ0) is 11.1. The van der Waals surface area contributed by atoms with Gasteiger partial charge in [-0.25, -0.2) is 8.42 Å². The van der Waals surface area contributed by atoms with Crippen LogP contribution in [0.25, 0.3) is 0 Å². The first-order chi connectivity index (χ1) is 7.06. The van der Waals surface area contributed by atoms with E-state index < -0.39 is 9.84 Å². The van der Waals surface area contributed by atoms with Crippen molar-refractivity contribution < 1.29 is 8.42 Å². The van der Waals surface area contributed by atoms with E-state index in [-0.39, 0.29) is 11.7 Å². The summed E-state index contributed by atoms with van der Waals surface area (Å²) in [5.41, 5.74) is 0.772. The number of nitrogens with one attached hydrogen (secondary N) is 1. The normalized spacial score (nSPS) is 22.7. The van der Waals surface area contributed by atoms with Gasteiger partial charge in [-0.2, -0.15) is 0 Å². The molecule has 0 aromatic heterocycles. The largest absolute Gasteiger partial charge is 0.319 e. The fraction of sp³-hybridized carbons (Fsp3) is 0.400. The highest BCUT2D eigenvalue weighted by Gasteiger charge is 2.35. The molecular weight excluding hydrogens is 234 g/mol. The van der Waals surface area contributed by atoms with Crippen molar-refractivity contribution in [3.05, 3.63) is 28.8 Å². The summed E-state index contributed by atoms with van der Waals surface area (Å²) in [6.07, 6.45) is 0. The van der Waals surface area contributed by atoms with Gasteiger partial charge >= 0.3 is 0 Å².